The molecule has 2 rings (SSSR count). The van der Waals surface area contributed by atoms with E-state index in [1.54, 1.807) is 11.8 Å². The summed E-state index contributed by atoms with van der Waals surface area (Å²) >= 11 is 1.70. The van der Waals surface area contributed by atoms with Crippen molar-refractivity contribution in [3.63, 3.8) is 0 Å². The van der Waals surface area contributed by atoms with Crippen molar-refractivity contribution in [1.29, 1.82) is 0 Å². The monoisotopic (exact) mass is 299 g/mol. The highest BCUT2D eigenvalue weighted by molar-refractivity contribution is 8.00. The molecule has 2 saturated carbocycles. The van der Waals surface area contributed by atoms with Gasteiger partial charge in [0.2, 0.25) is 5.91 Å². The number of carbonyl (C=O) groups is 2. The van der Waals surface area contributed by atoms with E-state index in [4.69, 9.17) is 5.11 Å². The van der Waals surface area contributed by atoms with Crippen molar-refractivity contribution in [1.82, 2.24) is 5.32 Å². The molecule has 114 valence electrons. The average molecular weight is 299 g/mol. The number of carboxylic acid groups (broad SMARTS) is 1. The van der Waals surface area contributed by atoms with Gasteiger partial charge < -0.3 is 10.4 Å². The van der Waals surface area contributed by atoms with Gasteiger partial charge in [-0.25, -0.2) is 0 Å². The van der Waals surface area contributed by atoms with Gasteiger partial charge in [0.05, 0.1) is 11.7 Å². The number of nitrogens with one attached hydrogen (secondary N) is 1. The summed E-state index contributed by atoms with van der Waals surface area (Å²) in [5.74, 6) is -0.146. The lowest BCUT2D eigenvalue weighted by atomic mass is 9.89. The number of amides is 1. The molecule has 0 aromatic carbocycles. The largest absolute Gasteiger partial charge is 0.481 e. The standard InChI is InChI=1S/C15H25NO3S/c17-14(16-12-4-2-1-3-5-12)10-20-13-8-6-11(7-9-13)15(18)19/h11-13H,1-10H2,(H,16,17)(H,18,19). The van der Waals surface area contributed by atoms with Crippen LogP contribution >= 0.6 is 11.8 Å². The van der Waals surface area contributed by atoms with Gasteiger partial charge in [0.15, 0.2) is 0 Å². The maximum Gasteiger partial charge on any atom is 0.306 e. The van der Waals surface area contributed by atoms with Gasteiger partial charge in [-0.3, -0.25) is 9.59 Å². The second-order valence-electron chi connectivity index (χ2n) is 6.03. The molecule has 0 saturated heterocycles. The summed E-state index contributed by atoms with van der Waals surface area (Å²) in [5.41, 5.74) is 0. The smallest absolute Gasteiger partial charge is 0.306 e. The fourth-order valence-corrected chi connectivity index (χ4v) is 4.26. The Morgan fingerprint density at radius 2 is 1.65 bits per heavy atom. The Kier molecular flexibility index (Phi) is 6.20. The van der Waals surface area contributed by atoms with Crippen molar-refractivity contribution in [2.75, 3.05) is 5.75 Å². The SMILES string of the molecule is O=C(CSC1CCC(C(=O)O)CC1)NC1CCCCC1. The van der Waals surface area contributed by atoms with E-state index in [1.165, 1.54) is 19.3 Å². The zero-order valence-corrected chi connectivity index (χ0v) is 12.8. The van der Waals surface area contributed by atoms with E-state index >= 15 is 0 Å². The Bertz CT molecular complexity index is 334. The second kappa shape index (κ2) is 7.91. The van der Waals surface area contributed by atoms with Crippen LogP contribution in [0.2, 0.25) is 0 Å². The lowest BCUT2D eigenvalue weighted by molar-refractivity contribution is -0.142. The van der Waals surface area contributed by atoms with Gasteiger partial charge in [0.25, 0.3) is 0 Å². The van der Waals surface area contributed by atoms with Crippen LogP contribution in [-0.2, 0) is 9.59 Å². The minimum Gasteiger partial charge on any atom is -0.481 e. The average Bonchev–Trinajstić information content (AvgIpc) is 2.46. The molecule has 0 heterocycles. The third-order valence-electron chi connectivity index (χ3n) is 4.44. The zero-order valence-electron chi connectivity index (χ0n) is 12.0. The van der Waals surface area contributed by atoms with Gasteiger partial charge in [-0.05, 0) is 38.5 Å². The molecule has 2 aliphatic carbocycles. The molecule has 2 N–H and O–H groups in total. The summed E-state index contributed by atoms with van der Waals surface area (Å²) in [6.07, 6.45) is 9.40. The van der Waals surface area contributed by atoms with E-state index in [0.717, 1.165) is 38.5 Å². The highest BCUT2D eigenvalue weighted by atomic mass is 32.2. The van der Waals surface area contributed by atoms with Crippen LogP contribution in [0, 0.1) is 5.92 Å². The number of aliphatic carboxylic acids is 1. The van der Waals surface area contributed by atoms with Crippen molar-refractivity contribution in [2.24, 2.45) is 5.92 Å². The van der Waals surface area contributed by atoms with Gasteiger partial charge in [-0.1, -0.05) is 19.3 Å². The zero-order chi connectivity index (χ0) is 14.4. The summed E-state index contributed by atoms with van der Waals surface area (Å²) in [5, 5.41) is 12.5. The summed E-state index contributed by atoms with van der Waals surface area (Å²) in [7, 11) is 0. The molecule has 4 nitrogen and oxygen atoms in total. The van der Waals surface area contributed by atoms with E-state index in [-0.39, 0.29) is 11.8 Å². The Hall–Kier alpha value is -0.710. The van der Waals surface area contributed by atoms with Gasteiger partial charge in [0, 0.05) is 11.3 Å². The third-order valence-corrected chi connectivity index (χ3v) is 5.82. The van der Waals surface area contributed by atoms with Crippen LogP contribution in [0.5, 0.6) is 0 Å². The van der Waals surface area contributed by atoms with Gasteiger partial charge in [-0.15, -0.1) is 11.8 Å². The topological polar surface area (TPSA) is 66.4 Å². The van der Waals surface area contributed by atoms with Crippen molar-refractivity contribution in [2.45, 2.75) is 69.1 Å². The summed E-state index contributed by atoms with van der Waals surface area (Å²) in [4.78, 5) is 22.8. The first kappa shape index (κ1) is 15.7. The molecule has 0 aromatic rings. The molecule has 0 radical (unpaired) electrons. The maximum atomic E-state index is 11.9. The van der Waals surface area contributed by atoms with Crippen LogP contribution in [0.1, 0.15) is 57.8 Å². The van der Waals surface area contributed by atoms with E-state index in [2.05, 4.69) is 5.32 Å². The summed E-state index contributed by atoms with van der Waals surface area (Å²) < 4.78 is 0. The Labute approximate surface area is 125 Å². The molecule has 0 bridgehead atoms. The molecular formula is C15H25NO3S. The molecule has 0 aromatic heterocycles. The minimum atomic E-state index is -0.663. The molecule has 20 heavy (non-hydrogen) atoms. The normalized spacial score (nSPS) is 28.0. The number of hydrogen-bond donors (Lipinski definition) is 2. The van der Waals surface area contributed by atoms with Crippen LogP contribution in [0.3, 0.4) is 0 Å². The molecule has 2 fully saturated rings. The molecule has 0 unspecified atom stereocenters. The van der Waals surface area contributed by atoms with E-state index < -0.39 is 5.97 Å². The second-order valence-corrected chi connectivity index (χ2v) is 7.31. The molecular weight excluding hydrogens is 274 g/mol. The van der Waals surface area contributed by atoms with Gasteiger partial charge in [-0.2, -0.15) is 0 Å². The Balaban J connectivity index is 1.60. The Morgan fingerprint density at radius 3 is 2.25 bits per heavy atom. The highest BCUT2D eigenvalue weighted by Gasteiger charge is 2.26. The van der Waals surface area contributed by atoms with Crippen LogP contribution in [0.4, 0.5) is 0 Å². The number of carbonyl (C=O) groups excluding carboxylic acids is 1. The molecule has 2 aliphatic rings. The Morgan fingerprint density at radius 1 is 1.00 bits per heavy atom. The quantitative estimate of drug-likeness (QED) is 0.819. The fourth-order valence-electron chi connectivity index (χ4n) is 3.19. The molecule has 5 heteroatoms. The van der Waals surface area contributed by atoms with E-state index in [9.17, 15) is 9.59 Å². The first-order valence-electron chi connectivity index (χ1n) is 7.79. The summed E-state index contributed by atoms with van der Waals surface area (Å²) in [6, 6.07) is 0.389. The maximum absolute atomic E-state index is 11.9. The van der Waals surface area contributed by atoms with Gasteiger partial charge in [0.1, 0.15) is 0 Å². The van der Waals surface area contributed by atoms with Crippen LogP contribution in [0.15, 0.2) is 0 Å². The highest BCUT2D eigenvalue weighted by Crippen LogP contribution is 2.32. The third kappa shape index (κ3) is 5.00. The number of carboxylic acids is 1. The van der Waals surface area contributed by atoms with Crippen LogP contribution in [0.25, 0.3) is 0 Å². The minimum absolute atomic E-state index is 0.155. The van der Waals surface area contributed by atoms with Crippen LogP contribution < -0.4 is 5.32 Å². The van der Waals surface area contributed by atoms with Gasteiger partial charge >= 0.3 is 5.97 Å². The molecule has 0 atom stereocenters. The van der Waals surface area contributed by atoms with Crippen molar-refractivity contribution >= 4 is 23.6 Å². The number of thioether (sulfide) groups is 1. The molecule has 1 amide bonds. The first-order valence-corrected chi connectivity index (χ1v) is 8.84. The predicted octanol–water partition coefficient (Wildman–Crippen LogP) is 2.81. The van der Waals surface area contributed by atoms with Crippen LogP contribution in [-0.4, -0.2) is 34.0 Å². The molecule has 0 spiro atoms. The van der Waals surface area contributed by atoms with E-state index in [1.807, 2.05) is 0 Å². The van der Waals surface area contributed by atoms with Crippen molar-refractivity contribution in [3.8, 4) is 0 Å². The number of hydrogen-bond acceptors (Lipinski definition) is 3. The lowest BCUT2D eigenvalue weighted by Crippen LogP contribution is -2.37. The number of rotatable bonds is 5. The fraction of sp³-hybridized carbons (Fsp3) is 0.867. The molecule has 0 aliphatic heterocycles. The predicted molar refractivity (Wildman–Crippen MR) is 80.9 cm³/mol. The van der Waals surface area contributed by atoms with Crippen molar-refractivity contribution in [3.05, 3.63) is 0 Å². The van der Waals surface area contributed by atoms with E-state index in [0.29, 0.717) is 17.0 Å². The summed E-state index contributed by atoms with van der Waals surface area (Å²) in [6.45, 7) is 0. The first-order chi connectivity index (χ1) is 9.65. The lowest BCUT2D eigenvalue weighted by Gasteiger charge is -2.26. The van der Waals surface area contributed by atoms with Crippen molar-refractivity contribution < 1.29 is 14.7 Å².